The van der Waals surface area contributed by atoms with E-state index in [2.05, 4.69) is 10.2 Å². The van der Waals surface area contributed by atoms with Crippen molar-refractivity contribution in [3.63, 3.8) is 0 Å². The number of nitrogens with zero attached hydrogens (tertiary/aromatic N) is 5. The molecule has 0 radical (unpaired) electrons. The second kappa shape index (κ2) is 9.32. The molecule has 2 heterocycles. The lowest BCUT2D eigenvalue weighted by atomic mass is 10.2. The van der Waals surface area contributed by atoms with Crippen LogP contribution in [0.1, 0.15) is 12.0 Å². The van der Waals surface area contributed by atoms with Crippen molar-refractivity contribution >= 4 is 17.1 Å². The minimum absolute atomic E-state index is 0.191. The first-order valence-corrected chi connectivity index (χ1v) is 9.73. The van der Waals surface area contributed by atoms with E-state index >= 15 is 0 Å². The molecular formula is C22H27N6O2+. The molecule has 2 aromatic heterocycles. The fourth-order valence-corrected chi connectivity index (χ4v) is 3.21. The standard InChI is InChI=1S/C22H26N6O2/c1-16-19(25-24-18-10-7-9-17(23)15-18)21(29)28(14-8-11-26(2)3)22(30)20(16)27-12-5-4-6-13-27/h4-7,9-10,12-13,15H,8,11,14,23H2,1-3H3/p+1. The Balaban J connectivity index is 2.13. The summed E-state index contributed by atoms with van der Waals surface area (Å²) in [5.41, 5.74) is 7.90. The van der Waals surface area contributed by atoms with Gasteiger partial charge >= 0.3 is 5.56 Å². The number of aromatic hydroxyl groups is 1. The van der Waals surface area contributed by atoms with Gasteiger partial charge in [0, 0.05) is 24.4 Å². The lowest BCUT2D eigenvalue weighted by molar-refractivity contribution is -0.597. The molecule has 0 atom stereocenters. The summed E-state index contributed by atoms with van der Waals surface area (Å²) >= 11 is 0. The van der Waals surface area contributed by atoms with E-state index in [1.54, 1.807) is 48.1 Å². The highest BCUT2D eigenvalue weighted by molar-refractivity contribution is 5.59. The minimum Gasteiger partial charge on any atom is -0.493 e. The van der Waals surface area contributed by atoms with E-state index in [4.69, 9.17) is 5.73 Å². The first-order chi connectivity index (χ1) is 14.4. The van der Waals surface area contributed by atoms with Gasteiger partial charge in [0.25, 0.3) is 5.69 Å². The Kier molecular flexibility index (Phi) is 6.58. The van der Waals surface area contributed by atoms with Crippen LogP contribution in [-0.2, 0) is 6.54 Å². The molecule has 0 bridgehead atoms. The molecule has 0 aliphatic carbocycles. The number of hydrogen-bond donors (Lipinski definition) is 2. The highest BCUT2D eigenvalue weighted by atomic mass is 16.3. The van der Waals surface area contributed by atoms with E-state index in [0.29, 0.717) is 35.6 Å². The molecule has 1 aromatic carbocycles. The molecule has 30 heavy (non-hydrogen) atoms. The van der Waals surface area contributed by atoms with Crippen molar-refractivity contribution < 1.29 is 9.67 Å². The van der Waals surface area contributed by atoms with Gasteiger partial charge in [-0.15, -0.1) is 5.11 Å². The summed E-state index contributed by atoms with van der Waals surface area (Å²) in [5, 5.41) is 19.4. The zero-order chi connectivity index (χ0) is 21.7. The van der Waals surface area contributed by atoms with Crippen molar-refractivity contribution in [3.8, 4) is 11.6 Å². The van der Waals surface area contributed by atoms with Crippen molar-refractivity contribution in [2.75, 3.05) is 26.4 Å². The number of pyridine rings is 2. The topological polar surface area (TPSA) is 100 Å². The Hall–Kier alpha value is -3.52. The van der Waals surface area contributed by atoms with Crippen molar-refractivity contribution in [3.05, 3.63) is 70.8 Å². The second-order valence-electron chi connectivity index (χ2n) is 7.34. The van der Waals surface area contributed by atoms with E-state index in [0.717, 1.165) is 6.54 Å². The Labute approximate surface area is 175 Å². The summed E-state index contributed by atoms with van der Waals surface area (Å²) in [7, 11) is 3.93. The number of aromatic nitrogens is 2. The lowest BCUT2D eigenvalue weighted by Gasteiger charge is -2.14. The van der Waals surface area contributed by atoms with E-state index in [9.17, 15) is 9.90 Å². The Morgan fingerprint density at radius 2 is 1.87 bits per heavy atom. The molecule has 3 aromatic rings. The number of benzene rings is 1. The van der Waals surface area contributed by atoms with Crippen LogP contribution >= 0.6 is 0 Å². The number of rotatable bonds is 7. The second-order valence-corrected chi connectivity index (χ2v) is 7.34. The van der Waals surface area contributed by atoms with Gasteiger partial charge in [-0.2, -0.15) is 9.68 Å². The molecule has 8 heteroatoms. The fourth-order valence-electron chi connectivity index (χ4n) is 3.21. The van der Waals surface area contributed by atoms with E-state index < -0.39 is 0 Å². The van der Waals surface area contributed by atoms with Crippen LogP contribution in [0.4, 0.5) is 17.1 Å². The van der Waals surface area contributed by atoms with Gasteiger partial charge in [0.1, 0.15) is 0 Å². The van der Waals surface area contributed by atoms with Crippen molar-refractivity contribution in [2.24, 2.45) is 10.2 Å². The molecule has 8 nitrogen and oxygen atoms in total. The average Bonchev–Trinajstić information content (AvgIpc) is 2.71. The third kappa shape index (κ3) is 4.72. The van der Waals surface area contributed by atoms with E-state index in [-0.39, 0.29) is 17.1 Å². The van der Waals surface area contributed by atoms with Crippen LogP contribution in [0.5, 0.6) is 5.88 Å². The maximum absolute atomic E-state index is 13.2. The van der Waals surface area contributed by atoms with Gasteiger partial charge in [-0.1, -0.05) is 12.1 Å². The van der Waals surface area contributed by atoms with E-state index in [1.807, 2.05) is 37.2 Å². The molecule has 3 N–H and O–H groups in total. The molecule has 0 unspecified atom stereocenters. The molecule has 0 aliphatic heterocycles. The third-order valence-corrected chi connectivity index (χ3v) is 4.72. The molecule has 0 amide bonds. The average molecular weight is 407 g/mol. The Morgan fingerprint density at radius 1 is 1.13 bits per heavy atom. The van der Waals surface area contributed by atoms with Gasteiger partial charge in [0.2, 0.25) is 5.88 Å². The SMILES string of the molecule is Cc1c(N=Nc2cccc(N)c2)c(O)n(CCCN(C)C)c(=O)c1-[n+]1ccccc1. The summed E-state index contributed by atoms with van der Waals surface area (Å²) in [4.78, 5) is 15.3. The minimum atomic E-state index is -0.275. The maximum Gasteiger partial charge on any atom is 0.326 e. The van der Waals surface area contributed by atoms with Gasteiger partial charge in [0.05, 0.1) is 11.3 Å². The summed E-state index contributed by atoms with van der Waals surface area (Å²) in [6.07, 6.45) is 4.29. The van der Waals surface area contributed by atoms with Gasteiger partial charge < -0.3 is 15.7 Å². The van der Waals surface area contributed by atoms with Crippen molar-refractivity contribution in [2.45, 2.75) is 19.9 Å². The Bertz CT molecular complexity index is 1110. The maximum atomic E-state index is 13.2. The van der Waals surface area contributed by atoms with Crippen molar-refractivity contribution in [1.29, 1.82) is 0 Å². The quantitative estimate of drug-likeness (QED) is 0.357. The zero-order valence-electron chi connectivity index (χ0n) is 17.5. The zero-order valence-corrected chi connectivity index (χ0v) is 17.5. The highest BCUT2D eigenvalue weighted by Crippen LogP contribution is 2.32. The number of azo groups is 1. The molecular weight excluding hydrogens is 380 g/mol. The number of hydrogen-bond acceptors (Lipinski definition) is 6. The number of nitrogens with two attached hydrogens (primary N) is 1. The third-order valence-electron chi connectivity index (χ3n) is 4.72. The molecule has 3 rings (SSSR count). The molecule has 0 aliphatic rings. The first kappa shape index (κ1) is 21.2. The number of anilines is 1. The molecule has 0 saturated heterocycles. The molecule has 156 valence electrons. The first-order valence-electron chi connectivity index (χ1n) is 9.73. The monoisotopic (exact) mass is 407 g/mol. The molecule has 0 spiro atoms. The summed E-state index contributed by atoms with van der Waals surface area (Å²) in [6, 6.07) is 12.6. The molecule has 0 saturated carbocycles. The smallest absolute Gasteiger partial charge is 0.326 e. The van der Waals surface area contributed by atoms with Crippen LogP contribution in [0.2, 0.25) is 0 Å². The summed E-state index contributed by atoms with van der Waals surface area (Å²) < 4.78 is 3.10. The van der Waals surface area contributed by atoms with Gasteiger partial charge in [-0.3, -0.25) is 9.36 Å². The van der Waals surface area contributed by atoms with Crippen LogP contribution in [-0.4, -0.2) is 35.2 Å². The fraction of sp³-hybridized carbons (Fsp3) is 0.273. The normalized spacial score (nSPS) is 11.5. The highest BCUT2D eigenvalue weighted by Gasteiger charge is 2.25. The number of nitrogen functional groups attached to an aromatic ring is 1. The molecule has 0 fully saturated rings. The van der Waals surface area contributed by atoms with Crippen LogP contribution in [0.3, 0.4) is 0 Å². The lowest BCUT2D eigenvalue weighted by Crippen LogP contribution is -2.40. The van der Waals surface area contributed by atoms with E-state index in [1.165, 1.54) is 4.57 Å². The van der Waals surface area contributed by atoms with Gasteiger partial charge in [-0.05, 0) is 52.2 Å². The van der Waals surface area contributed by atoms with Gasteiger partial charge in [-0.25, -0.2) is 0 Å². The Morgan fingerprint density at radius 3 is 2.53 bits per heavy atom. The predicted octanol–water partition coefficient (Wildman–Crippen LogP) is 3.09. The van der Waals surface area contributed by atoms with Crippen molar-refractivity contribution in [1.82, 2.24) is 9.47 Å². The van der Waals surface area contributed by atoms with Gasteiger partial charge in [0.15, 0.2) is 18.1 Å². The van der Waals surface area contributed by atoms with Crippen LogP contribution in [0.25, 0.3) is 5.69 Å². The summed E-state index contributed by atoms with van der Waals surface area (Å²) in [6.45, 7) is 2.91. The van der Waals surface area contributed by atoms with Crippen LogP contribution in [0.15, 0.2) is 69.9 Å². The van der Waals surface area contributed by atoms with Crippen LogP contribution < -0.4 is 15.9 Å². The van der Waals surface area contributed by atoms with Crippen LogP contribution in [0, 0.1) is 6.92 Å². The predicted molar refractivity (Wildman–Crippen MR) is 117 cm³/mol. The largest absolute Gasteiger partial charge is 0.493 e. The summed E-state index contributed by atoms with van der Waals surface area (Å²) in [5.74, 6) is -0.191.